The van der Waals surface area contributed by atoms with Gasteiger partial charge in [0.05, 0.1) is 8.66 Å². The van der Waals surface area contributed by atoms with Crippen LogP contribution in [0.15, 0.2) is 34.1 Å². The van der Waals surface area contributed by atoms with Crippen molar-refractivity contribution < 1.29 is 4.79 Å². The van der Waals surface area contributed by atoms with Crippen LogP contribution in [-0.2, 0) is 0 Å². The summed E-state index contributed by atoms with van der Waals surface area (Å²) < 4.78 is 0.924. The van der Waals surface area contributed by atoms with Gasteiger partial charge in [0.15, 0.2) is 0 Å². The molecule has 1 heterocycles. The molecule has 0 radical (unpaired) electrons. The molecule has 82 valence electrons. The molecule has 0 aliphatic carbocycles. The van der Waals surface area contributed by atoms with E-state index in [1.54, 1.807) is 24.3 Å². The number of carbonyl (C=O) groups is 1. The molecule has 0 atom stereocenters. The number of hydrogen-bond acceptors (Lipinski definition) is 4. The Morgan fingerprint density at radius 2 is 1.75 bits per heavy atom. The zero-order valence-electron chi connectivity index (χ0n) is 8.24. The quantitative estimate of drug-likeness (QED) is 0.661. The lowest BCUT2D eigenvalue weighted by atomic mass is 10.1. The third-order valence-corrected chi connectivity index (χ3v) is 3.66. The van der Waals surface area contributed by atoms with Gasteiger partial charge in [0.25, 0.3) is 0 Å². The molecule has 5 heteroatoms. The summed E-state index contributed by atoms with van der Waals surface area (Å²) >= 11 is 4.71. The normalized spacial score (nSPS) is 10.3. The minimum Gasteiger partial charge on any atom is -0.399 e. The molecule has 16 heavy (non-hydrogen) atoms. The van der Waals surface area contributed by atoms with E-state index in [2.05, 4.69) is 15.9 Å². The van der Waals surface area contributed by atoms with Crippen molar-refractivity contribution in [3.8, 4) is 0 Å². The number of ketones is 1. The minimum absolute atomic E-state index is 0.0605. The Kier molecular flexibility index (Phi) is 2.98. The lowest BCUT2D eigenvalue weighted by molar-refractivity contribution is 0.104. The summed E-state index contributed by atoms with van der Waals surface area (Å²) in [5.41, 5.74) is 12.8. The Morgan fingerprint density at radius 3 is 2.25 bits per heavy atom. The van der Waals surface area contributed by atoms with E-state index in [0.29, 0.717) is 21.8 Å². The highest BCUT2D eigenvalue weighted by Crippen LogP contribution is 2.25. The van der Waals surface area contributed by atoms with E-state index in [4.69, 9.17) is 11.5 Å². The van der Waals surface area contributed by atoms with Gasteiger partial charge in [0.2, 0.25) is 5.78 Å². The number of anilines is 2. The van der Waals surface area contributed by atoms with Crippen LogP contribution in [0, 0.1) is 0 Å². The fourth-order valence-corrected chi connectivity index (χ4v) is 2.73. The summed E-state index contributed by atoms with van der Waals surface area (Å²) in [5, 5.41) is 0. The molecule has 0 unspecified atom stereocenters. The van der Waals surface area contributed by atoms with Crippen molar-refractivity contribution in [2.45, 2.75) is 0 Å². The van der Waals surface area contributed by atoms with E-state index in [-0.39, 0.29) is 5.78 Å². The van der Waals surface area contributed by atoms with Gasteiger partial charge in [-0.05, 0) is 46.3 Å². The van der Waals surface area contributed by atoms with Gasteiger partial charge >= 0.3 is 0 Å². The van der Waals surface area contributed by atoms with Crippen LogP contribution < -0.4 is 11.5 Å². The second-order valence-electron chi connectivity index (χ2n) is 3.32. The monoisotopic (exact) mass is 296 g/mol. The van der Waals surface area contributed by atoms with Crippen LogP contribution in [0.4, 0.5) is 11.4 Å². The number of nitrogen functional groups attached to an aromatic ring is 2. The molecular weight excluding hydrogens is 288 g/mol. The first-order valence-corrected chi connectivity index (χ1v) is 6.13. The van der Waals surface area contributed by atoms with Crippen molar-refractivity contribution >= 4 is 44.4 Å². The zero-order valence-corrected chi connectivity index (χ0v) is 10.6. The van der Waals surface area contributed by atoms with Gasteiger partial charge in [0, 0.05) is 16.9 Å². The number of thiophene rings is 1. The lowest BCUT2D eigenvalue weighted by Gasteiger charge is -2.02. The molecule has 0 aliphatic rings. The van der Waals surface area contributed by atoms with E-state index in [0.717, 1.165) is 3.79 Å². The molecule has 0 saturated carbocycles. The molecule has 0 amide bonds. The number of nitrogens with two attached hydrogens (primary N) is 2. The molecule has 4 N–H and O–H groups in total. The van der Waals surface area contributed by atoms with Crippen LogP contribution in [-0.4, -0.2) is 5.78 Å². The molecule has 2 aromatic rings. The van der Waals surface area contributed by atoms with Crippen molar-refractivity contribution in [3.05, 3.63) is 44.6 Å². The van der Waals surface area contributed by atoms with Crippen LogP contribution in [0.5, 0.6) is 0 Å². The summed E-state index contributed by atoms with van der Waals surface area (Å²) in [6.45, 7) is 0. The van der Waals surface area contributed by atoms with Crippen LogP contribution in [0.1, 0.15) is 15.2 Å². The first kappa shape index (κ1) is 11.2. The van der Waals surface area contributed by atoms with Gasteiger partial charge in [-0.25, -0.2) is 0 Å². The van der Waals surface area contributed by atoms with Crippen molar-refractivity contribution in [3.63, 3.8) is 0 Å². The third kappa shape index (κ3) is 2.25. The van der Waals surface area contributed by atoms with Gasteiger partial charge < -0.3 is 11.5 Å². The number of halogens is 1. The highest BCUT2D eigenvalue weighted by Gasteiger charge is 2.12. The summed E-state index contributed by atoms with van der Waals surface area (Å²) in [6, 6.07) is 8.50. The maximum atomic E-state index is 12.0. The molecular formula is C11H9BrN2OS. The number of hydrogen-bond donors (Lipinski definition) is 2. The van der Waals surface area contributed by atoms with Gasteiger partial charge in [-0.1, -0.05) is 0 Å². The van der Waals surface area contributed by atoms with E-state index in [9.17, 15) is 4.79 Å². The molecule has 0 spiro atoms. The zero-order chi connectivity index (χ0) is 11.7. The second-order valence-corrected chi connectivity index (χ2v) is 5.78. The first-order chi connectivity index (χ1) is 7.56. The SMILES string of the molecule is Nc1cc(N)cc(C(=O)c2ccc(Br)s2)c1. The molecule has 0 saturated heterocycles. The van der Waals surface area contributed by atoms with E-state index < -0.39 is 0 Å². The largest absolute Gasteiger partial charge is 0.399 e. The molecule has 3 nitrogen and oxygen atoms in total. The van der Waals surface area contributed by atoms with Crippen molar-refractivity contribution in [2.75, 3.05) is 11.5 Å². The highest BCUT2D eigenvalue weighted by molar-refractivity contribution is 9.11. The Balaban J connectivity index is 2.41. The number of rotatable bonds is 2. The predicted octanol–water partition coefficient (Wildman–Crippen LogP) is 2.91. The van der Waals surface area contributed by atoms with E-state index in [1.165, 1.54) is 11.3 Å². The molecule has 0 fully saturated rings. The van der Waals surface area contributed by atoms with Gasteiger partial charge in [0.1, 0.15) is 0 Å². The smallest absolute Gasteiger partial charge is 0.203 e. The molecule has 0 aliphatic heterocycles. The highest BCUT2D eigenvalue weighted by atomic mass is 79.9. The number of carbonyl (C=O) groups excluding carboxylic acids is 1. The first-order valence-electron chi connectivity index (χ1n) is 4.52. The molecule has 1 aromatic heterocycles. The molecule has 0 bridgehead atoms. The summed E-state index contributed by atoms with van der Waals surface area (Å²) in [4.78, 5) is 12.7. The fraction of sp³-hybridized carbons (Fsp3) is 0. The minimum atomic E-state index is -0.0605. The topological polar surface area (TPSA) is 69.1 Å². The van der Waals surface area contributed by atoms with Crippen LogP contribution >= 0.6 is 27.3 Å². The Bertz CT molecular complexity index is 530. The standard InChI is InChI=1S/C11H9BrN2OS/c12-10-2-1-9(16-10)11(15)6-3-7(13)5-8(14)4-6/h1-5H,13-14H2. The lowest BCUT2D eigenvalue weighted by Crippen LogP contribution is -2.01. The average molecular weight is 297 g/mol. The maximum Gasteiger partial charge on any atom is 0.203 e. The van der Waals surface area contributed by atoms with Crippen molar-refractivity contribution in [1.82, 2.24) is 0 Å². The summed E-state index contributed by atoms with van der Waals surface area (Å²) in [7, 11) is 0. The number of benzene rings is 1. The maximum absolute atomic E-state index is 12.0. The molecule has 2 rings (SSSR count). The Morgan fingerprint density at radius 1 is 1.12 bits per heavy atom. The fourth-order valence-electron chi connectivity index (χ4n) is 1.39. The van der Waals surface area contributed by atoms with Gasteiger partial charge in [-0.2, -0.15) is 0 Å². The Hall–Kier alpha value is -1.33. The second kappa shape index (κ2) is 4.27. The van der Waals surface area contributed by atoms with Crippen molar-refractivity contribution in [1.29, 1.82) is 0 Å². The van der Waals surface area contributed by atoms with Gasteiger partial charge in [-0.3, -0.25) is 4.79 Å². The van der Waals surface area contributed by atoms with Crippen LogP contribution in [0.3, 0.4) is 0 Å². The summed E-state index contributed by atoms with van der Waals surface area (Å²) in [5.74, 6) is -0.0605. The average Bonchev–Trinajstić information content (AvgIpc) is 2.62. The Labute approximate surface area is 105 Å². The summed E-state index contributed by atoms with van der Waals surface area (Å²) in [6.07, 6.45) is 0. The van der Waals surface area contributed by atoms with Crippen LogP contribution in [0.25, 0.3) is 0 Å². The van der Waals surface area contributed by atoms with Crippen molar-refractivity contribution in [2.24, 2.45) is 0 Å². The predicted molar refractivity (Wildman–Crippen MR) is 70.7 cm³/mol. The van der Waals surface area contributed by atoms with E-state index in [1.807, 2.05) is 6.07 Å². The van der Waals surface area contributed by atoms with E-state index >= 15 is 0 Å². The van der Waals surface area contributed by atoms with Crippen LogP contribution in [0.2, 0.25) is 0 Å². The molecule has 1 aromatic carbocycles. The third-order valence-electron chi connectivity index (χ3n) is 2.04. The van der Waals surface area contributed by atoms with Gasteiger partial charge in [-0.15, -0.1) is 11.3 Å².